The van der Waals surface area contributed by atoms with E-state index >= 15 is 0 Å². The Morgan fingerprint density at radius 2 is 2.33 bits per heavy atom. The first-order chi connectivity index (χ1) is 7.29. The second-order valence-corrected chi connectivity index (χ2v) is 4.01. The van der Waals surface area contributed by atoms with Gasteiger partial charge in [-0.15, -0.1) is 0 Å². The molecule has 1 heterocycles. The summed E-state index contributed by atoms with van der Waals surface area (Å²) in [5.41, 5.74) is 0. The van der Waals surface area contributed by atoms with Gasteiger partial charge in [0.25, 0.3) is 0 Å². The first kappa shape index (κ1) is 12.5. The van der Waals surface area contributed by atoms with E-state index in [0.717, 1.165) is 45.3 Å². The summed E-state index contributed by atoms with van der Waals surface area (Å²) in [5.74, 6) is 0.160. The number of carbonyl (C=O) groups excluding carboxylic acids is 1. The first-order valence-electron chi connectivity index (χ1n) is 5.92. The number of hydrogen-bond acceptors (Lipinski definition) is 3. The van der Waals surface area contributed by atoms with Crippen LogP contribution in [-0.2, 0) is 4.79 Å². The van der Waals surface area contributed by atoms with Crippen LogP contribution in [0.3, 0.4) is 0 Å². The summed E-state index contributed by atoms with van der Waals surface area (Å²) in [7, 11) is 0. The summed E-state index contributed by atoms with van der Waals surface area (Å²) in [6.45, 7) is 4.76. The van der Waals surface area contributed by atoms with E-state index in [1.54, 1.807) is 0 Å². The van der Waals surface area contributed by atoms with E-state index in [1.807, 2.05) is 0 Å². The molecule has 0 aromatic rings. The molecule has 0 spiro atoms. The highest BCUT2D eigenvalue weighted by molar-refractivity contribution is 5.81. The minimum Gasteiger partial charge on any atom is -0.396 e. The molecule has 0 aromatic heterocycles. The first-order valence-corrected chi connectivity index (χ1v) is 5.92. The van der Waals surface area contributed by atoms with Gasteiger partial charge in [0.1, 0.15) is 0 Å². The van der Waals surface area contributed by atoms with Crippen molar-refractivity contribution in [3.63, 3.8) is 0 Å². The molecular weight excluding hydrogens is 192 g/mol. The Morgan fingerprint density at radius 3 is 3.00 bits per heavy atom. The monoisotopic (exact) mass is 214 g/mol. The van der Waals surface area contributed by atoms with Crippen LogP contribution in [0, 0.1) is 0 Å². The standard InChI is InChI=1S/C11H22N2O2/c1-2-13(8-5-9-14)10-6-3-4-7-12-11(10)15/h10,14H,2-9H2,1H3,(H,12,15). The maximum absolute atomic E-state index is 11.8. The summed E-state index contributed by atoms with van der Waals surface area (Å²) in [4.78, 5) is 13.9. The van der Waals surface area contributed by atoms with Crippen LogP contribution in [0.2, 0.25) is 0 Å². The van der Waals surface area contributed by atoms with Gasteiger partial charge in [0, 0.05) is 19.7 Å². The lowest BCUT2D eigenvalue weighted by molar-refractivity contribution is -0.126. The number of aliphatic hydroxyl groups is 1. The number of aliphatic hydroxyl groups excluding tert-OH is 1. The van der Waals surface area contributed by atoms with Crippen LogP contribution in [0.25, 0.3) is 0 Å². The number of likely N-dealkylation sites (N-methyl/N-ethyl adjacent to an activating group) is 1. The molecular formula is C11H22N2O2. The number of hydrogen-bond donors (Lipinski definition) is 2. The van der Waals surface area contributed by atoms with Gasteiger partial charge in [0.05, 0.1) is 6.04 Å². The quantitative estimate of drug-likeness (QED) is 0.695. The van der Waals surface area contributed by atoms with Crippen LogP contribution >= 0.6 is 0 Å². The topological polar surface area (TPSA) is 52.6 Å². The zero-order valence-electron chi connectivity index (χ0n) is 9.54. The lowest BCUT2D eigenvalue weighted by atomic mass is 10.1. The number of amides is 1. The van der Waals surface area contributed by atoms with E-state index in [0.29, 0.717) is 0 Å². The SMILES string of the molecule is CCN(CCCO)C1CCCCNC1=O. The molecule has 1 aliphatic rings. The molecule has 1 unspecified atom stereocenters. The maximum atomic E-state index is 11.8. The van der Waals surface area contributed by atoms with Crippen LogP contribution < -0.4 is 5.32 Å². The highest BCUT2D eigenvalue weighted by Crippen LogP contribution is 2.12. The van der Waals surface area contributed by atoms with E-state index in [2.05, 4.69) is 17.1 Å². The molecule has 1 atom stereocenters. The molecule has 4 nitrogen and oxygen atoms in total. The highest BCUT2D eigenvalue weighted by atomic mass is 16.3. The molecule has 0 aliphatic carbocycles. The summed E-state index contributed by atoms with van der Waals surface area (Å²) >= 11 is 0. The Bertz CT molecular complexity index is 197. The Balaban J connectivity index is 2.51. The zero-order valence-corrected chi connectivity index (χ0v) is 9.54. The van der Waals surface area contributed by atoms with Crippen molar-refractivity contribution in [2.24, 2.45) is 0 Å². The van der Waals surface area contributed by atoms with E-state index in [1.165, 1.54) is 0 Å². The lowest BCUT2D eigenvalue weighted by Gasteiger charge is -2.28. The van der Waals surface area contributed by atoms with Crippen LogP contribution in [0.5, 0.6) is 0 Å². The average molecular weight is 214 g/mol. The van der Waals surface area contributed by atoms with Gasteiger partial charge in [0.2, 0.25) is 5.91 Å². The number of nitrogens with zero attached hydrogens (tertiary/aromatic N) is 1. The van der Waals surface area contributed by atoms with Gasteiger partial charge in [-0.3, -0.25) is 9.69 Å². The fourth-order valence-electron chi connectivity index (χ4n) is 2.08. The molecule has 2 N–H and O–H groups in total. The molecule has 0 bridgehead atoms. The maximum Gasteiger partial charge on any atom is 0.237 e. The van der Waals surface area contributed by atoms with Crippen molar-refractivity contribution >= 4 is 5.91 Å². The average Bonchev–Trinajstić information content (AvgIpc) is 2.45. The van der Waals surface area contributed by atoms with E-state index in [-0.39, 0.29) is 18.6 Å². The normalized spacial score (nSPS) is 22.6. The fraction of sp³-hybridized carbons (Fsp3) is 0.909. The molecule has 0 radical (unpaired) electrons. The van der Waals surface area contributed by atoms with Gasteiger partial charge in [-0.1, -0.05) is 6.92 Å². The number of rotatable bonds is 5. The third kappa shape index (κ3) is 3.80. The highest BCUT2D eigenvalue weighted by Gasteiger charge is 2.25. The largest absolute Gasteiger partial charge is 0.396 e. The van der Waals surface area contributed by atoms with Crippen molar-refractivity contribution in [2.75, 3.05) is 26.2 Å². The smallest absolute Gasteiger partial charge is 0.237 e. The number of carbonyl (C=O) groups is 1. The predicted molar refractivity (Wildman–Crippen MR) is 59.6 cm³/mol. The summed E-state index contributed by atoms with van der Waals surface area (Å²) in [6, 6.07) is 0.0176. The van der Waals surface area contributed by atoms with Gasteiger partial charge in [0.15, 0.2) is 0 Å². The second kappa shape index (κ2) is 6.80. The van der Waals surface area contributed by atoms with E-state index in [9.17, 15) is 4.79 Å². The van der Waals surface area contributed by atoms with E-state index in [4.69, 9.17) is 5.11 Å². The van der Waals surface area contributed by atoms with Gasteiger partial charge in [-0.25, -0.2) is 0 Å². The molecule has 15 heavy (non-hydrogen) atoms. The van der Waals surface area contributed by atoms with Crippen LogP contribution in [0.1, 0.15) is 32.6 Å². The summed E-state index contributed by atoms with van der Waals surface area (Å²) < 4.78 is 0. The molecule has 0 saturated carbocycles. The Labute approximate surface area is 91.6 Å². The van der Waals surface area contributed by atoms with Crippen LogP contribution in [-0.4, -0.2) is 48.2 Å². The number of nitrogens with one attached hydrogen (secondary N) is 1. The minimum atomic E-state index is 0.0176. The van der Waals surface area contributed by atoms with Crippen molar-refractivity contribution in [1.82, 2.24) is 10.2 Å². The molecule has 0 aromatic carbocycles. The predicted octanol–water partition coefficient (Wildman–Crippen LogP) is 0.359. The Hall–Kier alpha value is -0.610. The van der Waals surface area contributed by atoms with Crippen LogP contribution in [0.15, 0.2) is 0 Å². The zero-order chi connectivity index (χ0) is 11.1. The van der Waals surface area contributed by atoms with Crippen molar-refractivity contribution in [3.8, 4) is 0 Å². The van der Waals surface area contributed by atoms with Gasteiger partial charge in [-0.05, 0) is 32.2 Å². The Kier molecular flexibility index (Phi) is 5.65. The third-order valence-electron chi connectivity index (χ3n) is 2.96. The molecule has 1 aliphatic heterocycles. The third-order valence-corrected chi connectivity index (χ3v) is 2.96. The van der Waals surface area contributed by atoms with Gasteiger partial charge in [-0.2, -0.15) is 0 Å². The van der Waals surface area contributed by atoms with Gasteiger partial charge < -0.3 is 10.4 Å². The van der Waals surface area contributed by atoms with Crippen molar-refractivity contribution in [1.29, 1.82) is 0 Å². The Morgan fingerprint density at radius 1 is 1.53 bits per heavy atom. The second-order valence-electron chi connectivity index (χ2n) is 4.01. The van der Waals surface area contributed by atoms with Crippen molar-refractivity contribution in [3.05, 3.63) is 0 Å². The molecule has 1 saturated heterocycles. The van der Waals surface area contributed by atoms with Gasteiger partial charge >= 0.3 is 0 Å². The van der Waals surface area contributed by atoms with Crippen molar-refractivity contribution in [2.45, 2.75) is 38.6 Å². The summed E-state index contributed by atoms with van der Waals surface area (Å²) in [6.07, 6.45) is 3.89. The van der Waals surface area contributed by atoms with Crippen molar-refractivity contribution < 1.29 is 9.90 Å². The minimum absolute atomic E-state index is 0.0176. The molecule has 1 fully saturated rings. The van der Waals surface area contributed by atoms with E-state index < -0.39 is 0 Å². The molecule has 88 valence electrons. The summed E-state index contributed by atoms with van der Waals surface area (Å²) in [5, 5.41) is 11.7. The lowest BCUT2D eigenvalue weighted by Crippen LogP contribution is -2.46. The van der Waals surface area contributed by atoms with Crippen LogP contribution in [0.4, 0.5) is 0 Å². The fourth-order valence-corrected chi connectivity index (χ4v) is 2.08. The molecule has 1 rings (SSSR count). The molecule has 1 amide bonds. The molecule has 4 heteroatoms.